The van der Waals surface area contributed by atoms with Gasteiger partial charge in [0, 0.05) is 18.1 Å². The number of halogens is 2. The maximum atomic E-state index is 13.3. The van der Waals surface area contributed by atoms with E-state index >= 15 is 0 Å². The zero-order valence-electron chi connectivity index (χ0n) is 17.6. The number of carbonyl (C=O) groups is 2. The number of hydrogen-bond donors (Lipinski definition) is 1. The first kappa shape index (κ1) is 22.3. The van der Waals surface area contributed by atoms with Gasteiger partial charge in [0.1, 0.15) is 11.5 Å². The Labute approximate surface area is 178 Å². The van der Waals surface area contributed by atoms with Crippen molar-refractivity contribution in [1.82, 2.24) is 4.57 Å². The minimum atomic E-state index is -2.96. The second-order valence-electron chi connectivity index (χ2n) is 7.25. The maximum Gasteiger partial charge on any atom is 0.387 e. The van der Waals surface area contributed by atoms with Crippen molar-refractivity contribution in [2.75, 3.05) is 0 Å². The minimum Gasteiger partial charge on any atom is -0.508 e. The number of esters is 1. The molecule has 1 unspecified atom stereocenters. The number of hydrogen-bond acceptors (Lipinski definition) is 5. The number of rotatable bonds is 6. The van der Waals surface area contributed by atoms with Gasteiger partial charge in [-0.15, -0.1) is 0 Å². The molecule has 1 heterocycles. The summed E-state index contributed by atoms with van der Waals surface area (Å²) >= 11 is 0. The van der Waals surface area contributed by atoms with E-state index in [4.69, 9.17) is 4.74 Å². The van der Waals surface area contributed by atoms with E-state index in [1.807, 2.05) is 13.8 Å². The third-order valence-corrected chi connectivity index (χ3v) is 5.21. The lowest BCUT2D eigenvalue weighted by Gasteiger charge is -2.14. The van der Waals surface area contributed by atoms with Gasteiger partial charge in [0.05, 0.1) is 16.6 Å². The third kappa shape index (κ3) is 4.23. The van der Waals surface area contributed by atoms with E-state index < -0.39 is 18.5 Å². The molecule has 0 amide bonds. The normalized spacial score (nSPS) is 12.2. The van der Waals surface area contributed by atoms with Crippen LogP contribution in [0.5, 0.6) is 17.2 Å². The molecule has 0 saturated carbocycles. The van der Waals surface area contributed by atoms with Gasteiger partial charge >= 0.3 is 12.6 Å². The zero-order chi connectivity index (χ0) is 22.9. The molecule has 0 aliphatic carbocycles. The summed E-state index contributed by atoms with van der Waals surface area (Å²) in [6, 6.07) is 8.42. The molecule has 0 fully saturated rings. The predicted molar refractivity (Wildman–Crippen MR) is 111 cm³/mol. The molecule has 0 saturated heterocycles. The van der Waals surface area contributed by atoms with Crippen LogP contribution in [0.25, 0.3) is 10.9 Å². The van der Waals surface area contributed by atoms with Crippen LogP contribution in [0.1, 0.15) is 54.7 Å². The van der Waals surface area contributed by atoms with Crippen molar-refractivity contribution in [1.29, 1.82) is 0 Å². The molecule has 3 aromatic rings. The molecule has 31 heavy (non-hydrogen) atoms. The standard InChI is InChI=1S/C23H23F2NO5/c1-5-12(2)19-18(28)11-10-17-20(19)21(30-14(4)27)13(3)26(17)22(29)15-6-8-16(9-7-15)31-23(24)25/h6-12,23,28H,5H2,1-4H3. The van der Waals surface area contributed by atoms with Gasteiger partial charge < -0.3 is 14.6 Å². The number of phenols is 1. The van der Waals surface area contributed by atoms with Gasteiger partial charge in [0.25, 0.3) is 5.91 Å². The molecule has 0 aliphatic heterocycles. The topological polar surface area (TPSA) is 77.8 Å². The van der Waals surface area contributed by atoms with E-state index in [0.29, 0.717) is 22.2 Å². The van der Waals surface area contributed by atoms with Gasteiger partial charge in [0.2, 0.25) is 0 Å². The number of alkyl halides is 2. The lowest BCUT2D eigenvalue weighted by Crippen LogP contribution is -2.14. The van der Waals surface area contributed by atoms with E-state index in [-0.39, 0.29) is 28.7 Å². The highest BCUT2D eigenvalue weighted by Crippen LogP contribution is 2.43. The summed E-state index contributed by atoms with van der Waals surface area (Å²) in [4.78, 5) is 25.1. The van der Waals surface area contributed by atoms with Gasteiger partial charge in [-0.25, -0.2) is 0 Å². The van der Waals surface area contributed by atoms with Crippen LogP contribution < -0.4 is 9.47 Å². The molecule has 0 spiro atoms. The van der Waals surface area contributed by atoms with E-state index in [1.165, 1.54) is 41.8 Å². The highest BCUT2D eigenvalue weighted by Gasteiger charge is 2.27. The van der Waals surface area contributed by atoms with Gasteiger partial charge in [-0.3, -0.25) is 14.2 Å². The minimum absolute atomic E-state index is 0.0494. The first-order chi connectivity index (χ1) is 14.6. The maximum absolute atomic E-state index is 13.3. The van der Waals surface area contributed by atoms with Crippen molar-refractivity contribution < 1.29 is 33.0 Å². The van der Waals surface area contributed by atoms with Crippen LogP contribution in [0.15, 0.2) is 36.4 Å². The Morgan fingerprint density at radius 2 is 1.77 bits per heavy atom. The molecular weight excluding hydrogens is 408 g/mol. The van der Waals surface area contributed by atoms with Gasteiger partial charge in [-0.1, -0.05) is 13.8 Å². The summed E-state index contributed by atoms with van der Waals surface area (Å²) in [5, 5.41) is 11.0. The molecule has 8 heteroatoms. The SMILES string of the molecule is CCC(C)c1c(O)ccc2c1c(OC(C)=O)c(C)n2C(=O)c1ccc(OC(F)F)cc1. The van der Waals surface area contributed by atoms with E-state index in [9.17, 15) is 23.5 Å². The smallest absolute Gasteiger partial charge is 0.387 e. The van der Waals surface area contributed by atoms with Crippen molar-refractivity contribution in [2.45, 2.75) is 46.6 Å². The number of carbonyl (C=O) groups excluding carboxylic acids is 2. The van der Waals surface area contributed by atoms with Gasteiger partial charge in [-0.2, -0.15) is 8.78 Å². The van der Waals surface area contributed by atoms with Crippen LogP contribution in [0, 0.1) is 6.92 Å². The van der Waals surface area contributed by atoms with Crippen molar-refractivity contribution in [2.24, 2.45) is 0 Å². The summed E-state index contributed by atoms with van der Waals surface area (Å²) in [7, 11) is 0. The first-order valence-electron chi connectivity index (χ1n) is 9.80. The molecule has 1 atom stereocenters. The molecule has 164 valence electrons. The number of nitrogens with zero attached hydrogens (tertiary/aromatic N) is 1. The third-order valence-electron chi connectivity index (χ3n) is 5.21. The summed E-state index contributed by atoms with van der Waals surface area (Å²) in [6.07, 6.45) is 0.718. The molecular formula is C23H23F2NO5. The Kier molecular flexibility index (Phi) is 6.29. The fraction of sp³-hybridized carbons (Fsp3) is 0.304. The molecule has 0 aliphatic rings. The summed E-state index contributed by atoms with van der Waals surface area (Å²) in [6.45, 7) is 3.84. The van der Waals surface area contributed by atoms with E-state index in [2.05, 4.69) is 4.74 Å². The number of ether oxygens (including phenoxy) is 2. The predicted octanol–water partition coefficient (Wildman–Crippen LogP) is 5.38. The summed E-state index contributed by atoms with van der Waals surface area (Å²) in [5.41, 5.74) is 1.68. The van der Waals surface area contributed by atoms with Crippen molar-refractivity contribution in [3.8, 4) is 17.2 Å². The van der Waals surface area contributed by atoms with Gasteiger partial charge in [-0.05, 0) is 55.7 Å². The highest BCUT2D eigenvalue weighted by molar-refractivity contribution is 6.07. The monoisotopic (exact) mass is 431 g/mol. The number of fused-ring (bicyclic) bond motifs is 1. The van der Waals surface area contributed by atoms with Crippen LogP contribution >= 0.6 is 0 Å². The Hall–Kier alpha value is -3.42. The second-order valence-corrected chi connectivity index (χ2v) is 7.25. The van der Waals surface area contributed by atoms with Crippen LogP contribution in [0.2, 0.25) is 0 Å². The Balaban J connectivity index is 2.22. The molecule has 0 radical (unpaired) electrons. The number of benzene rings is 2. The second kappa shape index (κ2) is 8.75. The van der Waals surface area contributed by atoms with Crippen LogP contribution in [0.4, 0.5) is 8.78 Å². The molecule has 0 bridgehead atoms. The van der Waals surface area contributed by atoms with Crippen LogP contribution in [-0.2, 0) is 4.79 Å². The summed E-state index contributed by atoms with van der Waals surface area (Å²) in [5.74, 6) is -0.862. The Morgan fingerprint density at radius 1 is 1.13 bits per heavy atom. The van der Waals surface area contributed by atoms with Gasteiger partial charge in [0.15, 0.2) is 5.75 Å². The first-order valence-corrected chi connectivity index (χ1v) is 9.80. The lowest BCUT2D eigenvalue weighted by molar-refractivity contribution is -0.131. The fourth-order valence-corrected chi connectivity index (χ4v) is 3.63. The molecule has 1 N–H and O–H groups in total. The molecule has 6 nitrogen and oxygen atoms in total. The number of aromatic nitrogens is 1. The highest BCUT2D eigenvalue weighted by atomic mass is 19.3. The van der Waals surface area contributed by atoms with Crippen LogP contribution in [-0.4, -0.2) is 28.2 Å². The Morgan fingerprint density at radius 3 is 2.32 bits per heavy atom. The van der Waals surface area contributed by atoms with Crippen molar-refractivity contribution in [3.63, 3.8) is 0 Å². The average Bonchev–Trinajstić information content (AvgIpc) is 2.98. The number of phenolic OH excluding ortho intramolecular Hbond substituents is 1. The molecule has 3 rings (SSSR count). The van der Waals surface area contributed by atoms with Crippen molar-refractivity contribution >= 4 is 22.8 Å². The quantitative estimate of drug-likeness (QED) is 0.530. The molecule has 1 aromatic heterocycles. The number of aromatic hydroxyl groups is 1. The Bertz CT molecular complexity index is 1140. The van der Waals surface area contributed by atoms with Crippen LogP contribution in [0.3, 0.4) is 0 Å². The molecule has 2 aromatic carbocycles. The van der Waals surface area contributed by atoms with E-state index in [0.717, 1.165) is 6.42 Å². The average molecular weight is 431 g/mol. The van der Waals surface area contributed by atoms with E-state index in [1.54, 1.807) is 13.0 Å². The zero-order valence-corrected chi connectivity index (χ0v) is 17.6. The fourth-order valence-electron chi connectivity index (χ4n) is 3.63. The summed E-state index contributed by atoms with van der Waals surface area (Å²) < 4.78 is 35.9. The lowest BCUT2D eigenvalue weighted by atomic mass is 9.94. The largest absolute Gasteiger partial charge is 0.508 e. The van der Waals surface area contributed by atoms with Crippen molar-refractivity contribution in [3.05, 3.63) is 53.2 Å².